The van der Waals surface area contributed by atoms with Gasteiger partial charge in [0.15, 0.2) is 0 Å². The summed E-state index contributed by atoms with van der Waals surface area (Å²) in [5.41, 5.74) is 2.97. The van der Waals surface area contributed by atoms with Gasteiger partial charge in [0, 0.05) is 21.6 Å². The quantitative estimate of drug-likeness (QED) is 0.354. The Morgan fingerprint density at radius 1 is 1.14 bits per heavy atom. The third kappa shape index (κ3) is 5.29. The fourth-order valence-electron chi connectivity index (χ4n) is 5.21. The molecule has 0 radical (unpaired) electrons. The highest BCUT2D eigenvalue weighted by Gasteiger charge is 2.33. The van der Waals surface area contributed by atoms with Gasteiger partial charge in [0.1, 0.15) is 11.8 Å². The average molecular weight is 550 g/mol. The van der Waals surface area contributed by atoms with Crippen molar-refractivity contribution in [3.8, 4) is 5.75 Å². The standard InChI is InChI=1S/C30H33BrN2O3/c1-19(7-8-20-9-10-20)29(34)32-26-15-11-21-5-3-4-6-27(21)33(30(26)35)18-25-24-14-13-23(31)17-22(24)12-16-28(25)36-2/h3-6,12-14,16-17,19-20,26H,7-11,15,18H2,1-2H3,(H,32,34)/t19-,26+/m1/s1. The van der Waals surface area contributed by atoms with Gasteiger partial charge in [-0.05, 0) is 72.2 Å². The molecule has 2 amide bonds. The fraction of sp³-hybridized carbons (Fsp3) is 0.400. The van der Waals surface area contributed by atoms with Crippen LogP contribution in [0.2, 0.25) is 0 Å². The summed E-state index contributed by atoms with van der Waals surface area (Å²) in [5, 5.41) is 5.23. The molecule has 5 nitrogen and oxygen atoms in total. The van der Waals surface area contributed by atoms with Crippen LogP contribution < -0.4 is 15.0 Å². The molecule has 5 rings (SSSR count). The fourth-order valence-corrected chi connectivity index (χ4v) is 5.59. The lowest BCUT2D eigenvalue weighted by atomic mass is 10.0. The number of carbonyl (C=O) groups is 2. The second-order valence-electron chi connectivity index (χ2n) is 10.2. The van der Waals surface area contributed by atoms with E-state index in [1.165, 1.54) is 12.8 Å². The Labute approximate surface area is 221 Å². The predicted octanol–water partition coefficient (Wildman–Crippen LogP) is 6.40. The highest BCUT2D eigenvalue weighted by atomic mass is 79.9. The summed E-state index contributed by atoms with van der Waals surface area (Å²) >= 11 is 3.56. The summed E-state index contributed by atoms with van der Waals surface area (Å²) in [6.45, 7) is 2.34. The summed E-state index contributed by atoms with van der Waals surface area (Å²) in [6.07, 6.45) is 5.88. The number of benzene rings is 3. The number of methoxy groups -OCH3 is 1. The molecule has 2 aliphatic rings. The minimum absolute atomic E-state index is 0.0208. The third-order valence-electron chi connectivity index (χ3n) is 7.60. The van der Waals surface area contributed by atoms with Crippen molar-refractivity contribution in [3.05, 3.63) is 70.2 Å². The van der Waals surface area contributed by atoms with E-state index < -0.39 is 6.04 Å². The number of anilines is 1. The van der Waals surface area contributed by atoms with Gasteiger partial charge in [-0.1, -0.05) is 66.0 Å². The highest BCUT2D eigenvalue weighted by molar-refractivity contribution is 9.10. The zero-order chi connectivity index (χ0) is 25.2. The largest absolute Gasteiger partial charge is 0.496 e. The number of nitrogens with zero attached hydrogens (tertiary/aromatic N) is 1. The number of halogens is 1. The summed E-state index contributed by atoms with van der Waals surface area (Å²) in [5.74, 6) is 1.36. The molecule has 6 heteroatoms. The molecule has 1 aliphatic heterocycles. The topological polar surface area (TPSA) is 58.6 Å². The average Bonchev–Trinajstić information content (AvgIpc) is 3.73. The molecule has 3 aromatic carbocycles. The molecule has 0 spiro atoms. The number of ether oxygens (including phenoxy) is 1. The van der Waals surface area contributed by atoms with E-state index in [9.17, 15) is 9.59 Å². The van der Waals surface area contributed by atoms with Crippen LogP contribution in [0.3, 0.4) is 0 Å². The highest BCUT2D eigenvalue weighted by Crippen LogP contribution is 2.36. The number of hydrogen-bond donors (Lipinski definition) is 1. The van der Waals surface area contributed by atoms with Crippen molar-refractivity contribution in [3.63, 3.8) is 0 Å². The van der Waals surface area contributed by atoms with E-state index in [2.05, 4.69) is 39.4 Å². The van der Waals surface area contributed by atoms with E-state index in [1.54, 1.807) is 7.11 Å². The van der Waals surface area contributed by atoms with Crippen molar-refractivity contribution in [2.45, 2.75) is 58.0 Å². The molecule has 0 unspecified atom stereocenters. The van der Waals surface area contributed by atoms with Crippen LogP contribution in [-0.4, -0.2) is 25.0 Å². The number of rotatable bonds is 8. The summed E-state index contributed by atoms with van der Waals surface area (Å²) in [7, 11) is 1.66. The van der Waals surface area contributed by atoms with Crippen molar-refractivity contribution in [2.24, 2.45) is 11.8 Å². The molecule has 1 N–H and O–H groups in total. The van der Waals surface area contributed by atoms with E-state index in [0.29, 0.717) is 13.0 Å². The molecule has 0 bridgehead atoms. The molecule has 36 heavy (non-hydrogen) atoms. The van der Waals surface area contributed by atoms with Gasteiger partial charge in [-0.2, -0.15) is 0 Å². The van der Waals surface area contributed by atoms with Gasteiger partial charge in [-0.15, -0.1) is 0 Å². The molecule has 0 aromatic heterocycles. The van der Waals surface area contributed by atoms with Gasteiger partial charge < -0.3 is 15.0 Å². The number of hydrogen-bond acceptors (Lipinski definition) is 3. The Morgan fingerprint density at radius 2 is 1.94 bits per heavy atom. The number of nitrogens with one attached hydrogen (secondary N) is 1. The Kier molecular flexibility index (Phi) is 7.33. The SMILES string of the molecule is COc1ccc2cc(Br)ccc2c1CN1C(=O)[C@@H](NC(=O)[C@H](C)CCC2CC2)CCc2ccccc21. The number of amides is 2. The van der Waals surface area contributed by atoms with Crippen LogP contribution in [0.15, 0.2) is 59.1 Å². The molecular formula is C30H33BrN2O3. The summed E-state index contributed by atoms with van der Waals surface area (Å²) in [6, 6.07) is 17.6. The Morgan fingerprint density at radius 3 is 2.72 bits per heavy atom. The molecule has 1 fully saturated rings. The van der Waals surface area contributed by atoms with Crippen LogP contribution in [0.4, 0.5) is 5.69 Å². The lowest BCUT2D eigenvalue weighted by Crippen LogP contribution is -2.49. The number of aryl methyl sites for hydroxylation is 1. The van der Waals surface area contributed by atoms with Crippen LogP contribution >= 0.6 is 15.9 Å². The first kappa shape index (κ1) is 24.8. The maximum absolute atomic E-state index is 14.0. The minimum Gasteiger partial charge on any atom is -0.496 e. The molecule has 1 saturated carbocycles. The van der Waals surface area contributed by atoms with E-state index in [-0.39, 0.29) is 17.7 Å². The first-order valence-corrected chi connectivity index (χ1v) is 13.7. The van der Waals surface area contributed by atoms with Crippen molar-refractivity contribution < 1.29 is 14.3 Å². The second-order valence-corrected chi connectivity index (χ2v) is 11.1. The zero-order valence-electron chi connectivity index (χ0n) is 20.9. The van der Waals surface area contributed by atoms with Gasteiger partial charge >= 0.3 is 0 Å². The number of para-hydroxylation sites is 1. The Bertz CT molecular complexity index is 1290. The van der Waals surface area contributed by atoms with Gasteiger partial charge in [-0.25, -0.2) is 0 Å². The molecule has 1 aliphatic carbocycles. The van der Waals surface area contributed by atoms with E-state index in [0.717, 1.165) is 63.0 Å². The Balaban J connectivity index is 1.46. The van der Waals surface area contributed by atoms with Crippen molar-refractivity contribution in [1.29, 1.82) is 0 Å². The smallest absolute Gasteiger partial charge is 0.249 e. The predicted molar refractivity (Wildman–Crippen MR) is 147 cm³/mol. The Hall–Kier alpha value is -2.86. The van der Waals surface area contributed by atoms with Gasteiger partial charge in [-0.3, -0.25) is 9.59 Å². The second kappa shape index (κ2) is 10.6. The van der Waals surface area contributed by atoms with Gasteiger partial charge in [0.05, 0.1) is 13.7 Å². The molecule has 188 valence electrons. The van der Waals surface area contributed by atoms with E-state index in [4.69, 9.17) is 4.74 Å². The minimum atomic E-state index is -0.552. The number of fused-ring (bicyclic) bond motifs is 2. The third-order valence-corrected chi connectivity index (χ3v) is 8.10. The first-order valence-electron chi connectivity index (χ1n) is 12.9. The monoisotopic (exact) mass is 548 g/mol. The van der Waals surface area contributed by atoms with Crippen LogP contribution in [-0.2, 0) is 22.6 Å². The van der Waals surface area contributed by atoms with Crippen LogP contribution in [0.1, 0.15) is 50.2 Å². The van der Waals surface area contributed by atoms with Crippen LogP contribution in [0.25, 0.3) is 10.8 Å². The van der Waals surface area contributed by atoms with Gasteiger partial charge in [0.25, 0.3) is 0 Å². The maximum Gasteiger partial charge on any atom is 0.249 e. The van der Waals surface area contributed by atoms with E-state index >= 15 is 0 Å². The first-order chi connectivity index (χ1) is 17.4. The normalized spacial score (nSPS) is 18.5. The van der Waals surface area contributed by atoms with Gasteiger partial charge in [0.2, 0.25) is 11.8 Å². The van der Waals surface area contributed by atoms with Crippen molar-refractivity contribution in [2.75, 3.05) is 12.0 Å². The lowest BCUT2D eigenvalue weighted by molar-refractivity contribution is -0.130. The molecular weight excluding hydrogens is 516 g/mol. The summed E-state index contributed by atoms with van der Waals surface area (Å²) < 4.78 is 6.74. The van der Waals surface area contributed by atoms with E-state index in [1.807, 2.05) is 48.2 Å². The van der Waals surface area contributed by atoms with Crippen molar-refractivity contribution in [1.82, 2.24) is 5.32 Å². The molecule has 3 aromatic rings. The molecule has 0 saturated heterocycles. The number of carbonyl (C=O) groups excluding carboxylic acids is 2. The van der Waals surface area contributed by atoms with Crippen LogP contribution in [0, 0.1) is 11.8 Å². The van der Waals surface area contributed by atoms with Crippen LogP contribution in [0.5, 0.6) is 5.75 Å². The van der Waals surface area contributed by atoms with Crippen molar-refractivity contribution >= 4 is 44.2 Å². The zero-order valence-corrected chi connectivity index (χ0v) is 22.5. The summed E-state index contributed by atoms with van der Waals surface area (Å²) in [4.78, 5) is 28.9. The molecule has 2 atom stereocenters. The molecule has 1 heterocycles. The maximum atomic E-state index is 14.0. The lowest BCUT2D eigenvalue weighted by Gasteiger charge is -2.28.